The summed E-state index contributed by atoms with van der Waals surface area (Å²) >= 11 is 1.59. The van der Waals surface area contributed by atoms with Gasteiger partial charge in [-0.3, -0.25) is 4.79 Å². The van der Waals surface area contributed by atoms with Crippen molar-refractivity contribution < 1.29 is 19.0 Å². The molecule has 0 bridgehead atoms. The van der Waals surface area contributed by atoms with Crippen LogP contribution >= 0.6 is 11.3 Å². The predicted molar refractivity (Wildman–Crippen MR) is 141 cm³/mol. The van der Waals surface area contributed by atoms with Crippen molar-refractivity contribution in [1.29, 1.82) is 0 Å². The number of amides is 1. The maximum Gasteiger partial charge on any atom is 0.255 e. The van der Waals surface area contributed by atoms with E-state index in [0.29, 0.717) is 48.3 Å². The summed E-state index contributed by atoms with van der Waals surface area (Å²) in [7, 11) is 0. The fraction of sp³-hybridized carbons (Fsp3) is 0.214. The number of benzene rings is 3. The van der Waals surface area contributed by atoms with Gasteiger partial charge in [-0.15, -0.1) is 11.3 Å². The molecule has 0 radical (unpaired) electrons. The lowest BCUT2D eigenvalue weighted by Gasteiger charge is -2.17. The van der Waals surface area contributed by atoms with Crippen molar-refractivity contribution in [3.05, 3.63) is 77.7 Å². The Morgan fingerprint density at radius 1 is 0.829 bits per heavy atom. The molecule has 0 fully saturated rings. The first-order valence-corrected chi connectivity index (χ1v) is 12.5. The van der Waals surface area contributed by atoms with Gasteiger partial charge in [-0.2, -0.15) is 0 Å². The zero-order valence-corrected chi connectivity index (χ0v) is 20.9. The average Bonchev–Trinajstić information content (AvgIpc) is 3.37. The zero-order valence-electron chi connectivity index (χ0n) is 20.0. The molecule has 0 unspecified atom stereocenters. The second-order valence-corrected chi connectivity index (χ2v) is 8.40. The number of ether oxygens (including phenoxy) is 3. The van der Waals surface area contributed by atoms with Gasteiger partial charge in [0.05, 0.1) is 25.5 Å². The number of rotatable bonds is 10. The Labute approximate surface area is 209 Å². The van der Waals surface area contributed by atoms with Crippen molar-refractivity contribution in [3.63, 3.8) is 0 Å². The lowest BCUT2D eigenvalue weighted by atomic mass is 10.1. The minimum atomic E-state index is -0.268. The van der Waals surface area contributed by atoms with E-state index in [1.807, 2.05) is 80.7 Å². The molecule has 0 saturated heterocycles. The van der Waals surface area contributed by atoms with E-state index < -0.39 is 0 Å². The van der Waals surface area contributed by atoms with Crippen LogP contribution in [-0.4, -0.2) is 30.7 Å². The molecule has 1 N–H and O–H groups in total. The summed E-state index contributed by atoms with van der Waals surface area (Å²) in [6, 6.07) is 21.1. The van der Waals surface area contributed by atoms with Gasteiger partial charge >= 0.3 is 0 Å². The summed E-state index contributed by atoms with van der Waals surface area (Å²) in [5.74, 6) is 1.20. The van der Waals surface area contributed by atoms with E-state index in [-0.39, 0.29) is 5.91 Å². The lowest BCUT2D eigenvalue weighted by Crippen LogP contribution is -2.13. The van der Waals surface area contributed by atoms with Crippen LogP contribution in [0.4, 0.5) is 5.69 Å². The first-order chi connectivity index (χ1) is 17.1. The van der Waals surface area contributed by atoms with E-state index >= 15 is 0 Å². The van der Waals surface area contributed by atoms with Crippen LogP contribution in [-0.2, 0) is 0 Å². The van der Waals surface area contributed by atoms with Gasteiger partial charge in [0.2, 0.25) is 5.75 Å². The molecule has 180 valence electrons. The number of thiazole rings is 1. The molecule has 35 heavy (non-hydrogen) atoms. The topological polar surface area (TPSA) is 69.7 Å². The van der Waals surface area contributed by atoms with Crippen LogP contribution in [0, 0.1) is 0 Å². The second-order valence-electron chi connectivity index (χ2n) is 7.54. The fourth-order valence-corrected chi connectivity index (χ4v) is 4.43. The quantitative estimate of drug-likeness (QED) is 0.262. The van der Waals surface area contributed by atoms with Crippen LogP contribution < -0.4 is 19.5 Å². The molecule has 1 aromatic heterocycles. The number of carbonyl (C=O) groups excluding carboxylic acids is 1. The third-order valence-electron chi connectivity index (χ3n) is 5.11. The van der Waals surface area contributed by atoms with Crippen LogP contribution in [0.25, 0.3) is 21.8 Å². The summed E-state index contributed by atoms with van der Waals surface area (Å²) in [5.41, 5.74) is 3.97. The number of hydrogen-bond acceptors (Lipinski definition) is 6. The van der Waals surface area contributed by atoms with Gasteiger partial charge in [-0.05, 0) is 45.0 Å². The largest absolute Gasteiger partial charge is 0.490 e. The maximum absolute atomic E-state index is 13.2. The summed E-state index contributed by atoms with van der Waals surface area (Å²) < 4.78 is 17.2. The molecule has 0 aliphatic rings. The molecule has 3 aromatic carbocycles. The summed E-state index contributed by atoms with van der Waals surface area (Å²) in [5, 5.41) is 5.96. The van der Waals surface area contributed by atoms with Crippen molar-refractivity contribution in [2.24, 2.45) is 0 Å². The normalized spacial score (nSPS) is 10.6. The van der Waals surface area contributed by atoms with Gasteiger partial charge < -0.3 is 19.5 Å². The maximum atomic E-state index is 13.2. The first kappa shape index (κ1) is 24.3. The van der Waals surface area contributed by atoms with Crippen LogP contribution in [0.15, 0.2) is 72.1 Å². The van der Waals surface area contributed by atoms with E-state index in [4.69, 9.17) is 19.2 Å². The van der Waals surface area contributed by atoms with E-state index in [2.05, 4.69) is 5.32 Å². The molecule has 0 atom stereocenters. The molecule has 0 aliphatic carbocycles. The minimum Gasteiger partial charge on any atom is -0.490 e. The second kappa shape index (κ2) is 11.5. The number of anilines is 1. The average molecular weight is 489 g/mol. The van der Waals surface area contributed by atoms with Crippen LogP contribution in [0.1, 0.15) is 31.1 Å². The fourth-order valence-electron chi connectivity index (χ4n) is 3.60. The smallest absolute Gasteiger partial charge is 0.255 e. The molecule has 4 aromatic rings. The van der Waals surface area contributed by atoms with Gasteiger partial charge in [-0.1, -0.05) is 42.5 Å². The SMILES string of the molecule is CCOc1cc(C(=O)Nc2cccc(-c3csc(-c4ccccc4)n3)c2)cc(OCC)c1OCC. The Morgan fingerprint density at radius 2 is 1.49 bits per heavy atom. The molecular formula is C28H28N2O4S. The Hall–Kier alpha value is -3.84. The Kier molecular flexibility index (Phi) is 8.00. The third kappa shape index (κ3) is 5.81. The number of hydrogen-bond donors (Lipinski definition) is 1. The van der Waals surface area contributed by atoms with Gasteiger partial charge in [0, 0.05) is 27.8 Å². The molecular weight excluding hydrogens is 460 g/mol. The summed E-state index contributed by atoms with van der Waals surface area (Å²) in [6.45, 7) is 7.01. The molecule has 0 saturated carbocycles. The molecule has 7 heteroatoms. The van der Waals surface area contributed by atoms with Crippen molar-refractivity contribution in [2.45, 2.75) is 20.8 Å². The third-order valence-corrected chi connectivity index (χ3v) is 6.00. The van der Waals surface area contributed by atoms with Gasteiger partial charge in [-0.25, -0.2) is 4.98 Å². The number of aromatic nitrogens is 1. The zero-order chi connectivity index (χ0) is 24.6. The first-order valence-electron chi connectivity index (χ1n) is 11.6. The van der Waals surface area contributed by atoms with Crippen LogP contribution in [0.2, 0.25) is 0 Å². The van der Waals surface area contributed by atoms with E-state index in [1.54, 1.807) is 23.5 Å². The standard InChI is InChI=1S/C28H28N2O4S/c1-4-32-24-16-21(17-25(33-5-2)26(24)34-6-3)27(31)29-22-14-10-13-20(15-22)23-18-35-28(30-23)19-11-8-7-9-12-19/h7-18H,4-6H2,1-3H3,(H,29,31). The highest BCUT2D eigenvalue weighted by Crippen LogP contribution is 2.39. The van der Waals surface area contributed by atoms with Gasteiger partial charge in [0.1, 0.15) is 5.01 Å². The molecule has 1 heterocycles. The number of nitrogens with zero attached hydrogens (tertiary/aromatic N) is 1. The molecule has 1 amide bonds. The van der Waals surface area contributed by atoms with Crippen LogP contribution in [0.5, 0.6) is 17.2 Å². The van der Waals surface area contributed by atoms with Crippen LogP contribution in [0.3, 0.4) is 0 Å². The summed E-state index contributed by atoms with van der Waals surface area (Å²) in [6.07, 6.45) is 0. The number of nitrogens with one attached hydrogen (secondary N) is 1. The van der Waals surface area contributed by atoms with Crippen molar-refractivity contribution in [3.8, 4) is 39.1 Å². The molecule has 6 nitrogen and oxygen atoms in total. The number of carbonyl (C=O) groups is 1. The Bertz CT molecular complexity index is 1260. The highest BCUT2D eigenvalue weighted by Gasteiger charge is 2.19. The van der Waals surface area contributed by atoms with Gasteiger partial charge in [0.25, 0.3) is 5.91 Å². The predicted octanol–water partition coefficient (Wildman–Crippen LogP) is 6.93. The lowest BCUT2D eigenvalue weighted by molar-refractivity contribution is 0.102. The van der Waals surface area contributed by atoms with Crippen molar-refractivity contribution in [1.82, 2.24) is 4.98 Å². The molecule has 0 spiro atoms. The van der Waals surface area contributed by atoms with Crippen molar-refractivity contribution >= 4 is 22.9 Å². The molecule has 0 aliphatic heterocycles. The van der Waals surface area contributed by atoms with E-state index in [1.165, 1.54) is 0 Å². The monoisotopic (exact) mass is 488 g/mol. The van der Waals surface area contributed by atoms with E-state index in [0.717, 1.165) is 21.8 Å². The van der Waals surface area contributed by atoms with E-state index in [9.17, 15) is 4.79 Å². The highest BCUT2D eigenvalue weighted by molar-refractivity contribution is 7.13. The Balaban J connectivity index is 1.58. The van der Waals surface area contributed by atoms with Crippen molar-refractivity contribution in [2.75, 3.05) is 25.1 Å². The minimum absolute atomic E-state index is 0.268. The summed E-state index contributed by atoms with van der Waals surface area (Å²) in [4.78, 5) is 17.9. The highest BCUT2D eigenvalue weighted by atomic mass is 32.1. The molecule has 4 rings (SSSR count). The Morgan fingerprint density at radius 3 is 2.14 bits per heavy atom. The van der Waals surface area contributed by atoms with Gasteiger partial charge in [0.15, 0.2) is 11.5 Å².